The highest BCUT2D eigenvalue weighted by atomic mass is 15.2. The molecule has 0 fully saturated rings. The SMILES string of the molecule is c1ccc(-c2nc(-c3ccccc3)nc(-c3ccc(-n4c5ccccc5c5cc(-c6ccc7c(c6)c6ccccc6n7-c6ccccc6)ccc54)cc3)n2)cc1.c1ccc(-c2nc(-c3ccccc3)nc(-n3c4ccccc4c4cc(-c5ccc6c(c5)c5ccccc5n6-c5ccccc5)ccc43)n2)cc1.c1ccc(-c2nc(-c3ccccc3)nc(-n3c4ccccc4c4cc(-n5c6ccccc6c6ccccc65)ccc43)n2)cc1. The molecule has 150 heavy (non-hydrogen) atoms. The summed E-state index contributed by atoms with van der Waals surface area (Å²) in [5, 5.41) is 14.5. The first-order chi connectivity index (χ1) is 74.4. The molecule has 0 atom stereocenters. The number of fused-ring (bicyclic) bond motifs is 18. The quantitative estimate of drug-likeness (QED) is 0.0979. The predicted octanol–water partition coefficient (Wildman–Crippen LogP) is 33.2. The van der Waals surface area contributed by atoms with Crippen molar-refractivity contribution in [3.05, 3.63) is 528 Å². The van der Waals surface area contributed by atoms with E-state index in [-0.39, 0.29) is 0 Å². The molecule has 0 aliphatic heterocycles. The van der Waals surface area contributed by atoms with E-state index in [2.05, 4.69) is 373 Å². The number of aromatic nitrogens is 15. The van der Waals surface area contributed by atoms with Crippen molar-refractivity contribution in [2.45, 2.75) is 0 Å². The number of nitrogens with zero attached hydrogens (tertiary/aromatic N) is 15. The molecule has 9 heterocycles. The fourth-order valence-corrected chi connectivity index (χ4v) is 21.8. The van der Waals surface area contributed by atoms with Crippen molar-refractivity contribution < 1.29 is 0 Å². The normalized spacial score (nSPS) is 11.6. The van der Waals surface area contributed by atoms with Gasteiger partial charge in [-0.15, -0.1) is 0 Å². The summed E-state index contributed by atoms with van der Waals surface area (Å²) in [5.74, 6) is 5.68. The molecule has 0 N–H and O–H groups in total. The van der Waals surface area contributed by atoms with E-state index in [9.17, 15) is 0 Å². The van der Waals surface area contributed by atoms with Gasteiger partial charge in [0, 0.05) is 126 Å². The molecule has 9 aromatic heterocycles. The Balaban J connectivity index is 0.000000109. The molecule has 15 heteroatoms. The van der Waals surface area contributed by atoms with E-state index in [0.717, 1.165) is 122 Å². The summed E-state index contributed by atoms with van der Waals surface area (Å²) < 4.78 is 13.8. The molecule has 0 bridgehead atoms. The standard InChI is InChI=1S/C51H33N5.C45H29N5.C39H25N5/c1-4-14-34(15-5-1)49-52-50(35-16-6-2-7-17-35)54-51(53-49)36-24-28-40(29-25-36)56-46-23-13-11-21-42(46)44-33-38(27-31-48(44)56)37-26-30-47-43(32-37)41-20-10-12-22-45(41)55(47)39-18-8-3-9-19-39;1-4-14-30(15-5-1)43-46-44(31-16-6-2-7-17-31)48-45(47-43)50-40-23-13-11-21-36(40)38-29-33(25-27-42(38)50)32-24-26-41-37(28-32)35-20-10-12-22-39(35)49(41)34-18-8-3-9-19-34;1-3-13-26(14-4-1)37-40-38(27-15-5-2-6-16-27)42-39(41-37)44-35-22-12-9-19-31(35)32-25-28(23-24-36(32)44)43-33-20-10-7-17-29(33)30-18-8-11-21-34(30)43/h1-33H;1-29H;1-25H. The van der Waals surface area contributed by atoms with Crippen LogP contribution in [0.1, 0.15) is 0 Å². The number of rotatable bonds is 15. The minimum absolute atomic E-state index is 0.590. The van der Waals surface area contributed by atoms with E-state index < -0.39 is 0 Å². The highest BCUT2D eigenvalue weighted by Crippen LogP contribution is 2.45. The van der Waals surface area contributed by atoms with Crippen molar-refractivity contribution in [3.8, 4) is 137 Å². The van der Waals surface area contributed by atoms with Crippen LogP contribution in [0.25, 0.3) is 267 Å². The first-order valence-electron chi connectivity index (χ1n) is 50.4. The fraction of sp³-hybridized carbons (Fsp3) is 0. The van der Waals surface area contributed by atoms with Gasteiger partial charge in [-0.2, -0.15) is 19.9 Å². The van der Waals surface area contributed by atoms with Gasteiger partial charge in [0.1, 0.15) is 0 Å². The predicted molar refractivity (Wildman–Crippen MR) is 614 cm³/mol. The lowest BCUT2D eigenvalue weighted by Crippen LogP contribution is -2.06. The topological polar surface area (TPSA) is 146 Å². The van der Waals surface area contributed by atoms with E-state index >= 15 is 0 Å². The largest absolute Gasteiger partial charge is 0.309 e. The minimum Gasteiger partial charge on any atom is -0.309 e. The van der Waals surface area contributed by atoms with E-state index in [1.54, 1.807) is 0 Å². The molecule has 0 aliphatic carbocycles. The maximum absolute atomic E-state index is 5.08. The number of hydrogen-bond acceptors (Lipinski definition) is 9. The average Bonchev–Trinajstić information content (AvgIpc) is 1.58. The molecule has 15 nitrogen and oxygen atoms in total. The first-order valence-corrected chi connectivity index (χ1v) is 50.4. The zero-order chi connectivity index (χ0) is 99.1. The summed E-state index contributed by atoms with van der Waals surface area (Å²) in [7, 11) is 0. The second-order valence-corrected chi connectivity index (χ2v) is 37.5. The van der Waals surface area contributed by atoms with Crippen LogP contribution < -0.4 is 0 Å². The zero-order valence-electron chi connectivity index (χ0n) is 80.9. The van der Waals surface area contributed by atoms with Gasteiger partial charge >= 0.3 is 0 Å². The lowest BCUT2D eigenvalue weighted by atomic mass is 10.0. The Labute approximate surface area is 861 Å². The summed E-state index contributed by atoms with van der Waals surface area (Å²) in [6.07, 6.45) is 0. The van der Waals surface area contributed by atoms with Gasteiger partial charge in [-0.1, -0.05) is 370 Å². The molecule has 702 valence electrons. The van der Waals surface area contributed by atoms with Crippen LogP contribution >= 0.6 is 0 Å². The van der Waals surface area contributed by atoms with Crippen LogP contribution in [0.15, 0.2) is 528 Å². The molecule has 0 saturated heterocycles. The summed E-state index contributed by atoms with van der Waals surface area (Å²) in [6.45, 7) is 0. The van der Waals surface area contributed by atoms with Crippen LogP contribution in [0.2, 0.25) is 0 Å². The molecule has 0 amide bonds. The van der Waals surface area contributed by atoms with Crippen molar-refractivity contribution in [3.63, 3.8) is 0 Å². The summed E-state index contributed by atoms with van der Waals surface area (Å²) in [5.41, 5.74) is 29.5. The second-order valence-electron chi connectivity index (χ2n) is 37.5. The highest BCUT2D eigenvalue weighted by Gasteiger charge is 2.26. The number of hydrogen-bond donors (Lipinski definition) is 0. The molecule has 30 aromatic rings. The molecule has 30 rings (SSSR count). The Morgan fingerprint density at radius 2 is 0.260 bits per heavy atom. The summed E-state index contributed by atoms with van der Waals surface area (Å²) >= 11 is 0. The molecular weight excluding hydrogens is 1830 g/mol. The molecule has 21 aromatic carbocycles. The maximum atomic E-state index is 5.08. The van der Waals surface area contributed by atoms with Gasteiger partial charge in [-0.25, -0.2) is 24.9 Å². The molecule has 0 saturated carbocycles. The van der Waals surface area contributed by atoms with Crippen LogP contribution in [0.4, 0.5) is 0 Å². The molecule has 0 spiro atoms. The van der Waals surface area contributed by atoms with Gasteiger partial charge in [0.05, 0.1) is 66.2 Å². The van der Waals surface area contributed by atoms with Gasteiger partial charge < -0.3 is 18.3 Å². The van der Waals surface area contributed by atoms with Crippen molar-refractivity contribution in [2.75, 3.05) is 0 Å². The maximum Gasteiger partial charge on any atom is 0.238 e. The van der Waals surface area contributed by atoms with Crippen molar-refractivity contribution in [1.29, 1.82) is 0 Å². The van der Waals surface area contributed by atoms with Gasteiger partial charge in [-0.05, 0) is 180 Å². The van der Waals surface area contributed by atoms with Gasteiger partial charge in [0.25, 0.3) is 0 Å². The first kappa shape index (κ1) is 87.3. The molecule has 0 radical (unpaired) electrons. The van der Waals surface area contributed by atoms with E-state index in [0.29, 0.717) is 52.7 Å². The third kappa shape index (κ3) is 15.4. The Hall–Kier alpha value is -20.6. The van der Waals surface area contributed by atoms with Crippen LogP contribution in [-0.4, -0.2) is 72.3 Å². The molecule has 0 aliphatic rings. The molecule has 0 unspecified atom stereocenters. The van der Waals surface area contributed by atoms with Gasteiger partial charge in [0.2, 0.25) is 11.9 Å². The van der Waals surface area contributed by atoms with Crippen LogP contribution in [0, 0.1) is 0 Å². The van der Waals surface area contributed by atoms with E-state index in [4.69, 9.17) is 44.9 Å². The van der Waals surface area contributed by atoms with Crippen LogP contribution in [0.5, 0.6) is 0 Å². The third-order valence-electron chi connectivity index (χ3n) is 28.7. The monoisotopic (exact) mass is 1920 g/mol. The fourth-order valence-electron chi connectivity index (χ4n) is 21.8. The smallest absolute Gasteiger partial charge is 0.238 e. The number of para-hydroxylation sites is 9. The van der Waals surface area contributed by atoms with Crippen LogP contribution in [-0.2, 0) is 0 Å². The van der Waals surface area contributed by atoms with E-state index in [1.165, 1.54) is 92.9 Å². The third-order valence-corrected chi connectivity index (χ3v) is 28.7. The minimum atomic E-state index is 0.590. The van der Waals surface area contributed by atoms with Crippen molar-refractivity contribution in [2.24, 2.45) is 0 Å². The Morgan fingerprint density at radius 1 is 0.100 bits per heavy atom. The lowest BCUT2D eigenvalue weighted by molar-refractivity contribution is 0.953. The van der Waals surface area contributed by atoms with Crippen molar-refractivity contribution >= 4 is 131 Å². The Morgan fingerprint density at radius 3 is 0.520 bits per heavy atom. The second kappa shape index (κ2) is 37.0. The summed E-state index contributed by atoms with van der Waals surface area (Å²) in [6, 6.07) is 185. The van der Waals surface area contributed by atoms with Gasteiger partial charge in [-0.3, -0.25) is 9.13 Å². The van der Waals surface area contributed by atoms with Crippen LogP contribution in [0.3, 0.4) is 0 Å². The van der Waals surface area contributed by atoms with E-state index in [1.807, 2.05) is 182 Å². The van der Waals surface area contributed by atoms with Gasteiger partial charge in [0.15, 0.2) is 40.8 Å². The number of benzene rings is 21. The van der Waals surface area contributed by atoms with Crippen molar-refractivity contribution in [1.82, 2.24) is 72.3 Å². The Kier molecular flexibility index (Phi) is 21.5. The average molecular weight is 1920 g/mol. The summed E-state index contributed by atoms with van der Waals surface area (Å²) in [4.78, 5) is 44.9. The Bertz CT molecular complexity index is 10200. The zero-order valence-corrected chi connectivity index (χ0v) is 80.9. The lowest BCUT2D eigenvalue weighted by Gasteiger charge is -2.11. The molecular formula is C135H87N15. The highest BCUT2D eigenvalue weighted by molar-refractivity contribution is 6.17.